The lowest BCUT2D eigenvalue weighted by Crippen LogP contribution is -2.41. The standard InChI is InChI=1S/C19H27FN4O3S2.HI/c1-5-21-19(22-12-14(2)27-16-8-6-15(20)7-9-16)23-13-17-10-11-18(28-17)29(25,26)24(3)4;/h6-11,14H,5,12-13H2,1-4H3,(H2,21,22,23);1H. The summed E-state index contributed by atoms with van der Waals surface area (Å²) in [6.45, 7) is 5.40. The second kappa shape index (κ2) is 12.4. The highest BCUT2D eigenvalue weighted by Gasteiger charge is 2.19. The summed E-state index contributed by atoms with van der Waals surface area (Å²) < 4.78 is 44.5. The van der Waals surface area contributed by atoms with Gasteiger partial charge in [-0.05, 0) is 50.2 Å². The molecule has 2 rings (SSSR count). The summed E-state index contributed by atoms with van der Waals surface area (Å²) in [7, 11) is -0.408. The number of hydrogen-bond donors (Lipinski definition) is 2. The van der Waals surface area contributed by atoms with Crippen molar-refractivity contribution in [1.82, 2.24) is 14.9 Å². The molecule has 30 heavy (non-hydrogen) atoms. The van der Waals surface area contributed by atoms with Crippen molar-refractivity contribution in [3.05, 3.63) is 47.1 Å². The van der Waals surface area contributed by atoms with Gasteiger partial charge in [-0.15, -0.1) is 35.3 Å². The van der Waals surface area contributed by atoms with Crippen LogP contribution in [0.1, 0.15) is 18.7 Å². The van der Waals surface area contributed by atoms with Crippen molar-refractivity contribution in [2.75, 3.05) is 27.2 Å². The number of halogens is 2. The number of nitrogens with zero attached hydrogens (tertiary/aromatic N) is 2. The molecule has 0 aliphatic rings. The normalized spacial score (nSPS) is 12.9. The lowest BCUT2D eigenvalue weighted by molar-refractivity contribution is 0.223. The van der Waals surface area contributed by atoms with Crippen molar-refractivity contribution in [1.29, 1.82) is 0 Å². The molecule has 7 nitrogen and oxygen atoms in total. The highest BCUT2D eigenvalue weighted by atomic mass is 127. The van der Waals surface area contributed by atoms with Gasteiger partial charge in [-0.3, -0.25) is 0 Å². The first-order valence-corrected chi connectivity index (χ1v) is 11.4. The van der Waals surface area contributed by atoms with Crippen molar-refractivity contribution >= 4 is 51.3 Å². The molecule has 2 N–H and O–H groups in total. The molecule has 0 aliphatic heterocycles. The summed E-state index contributed by atoms with van der Waals surface area (Å²) >= 11 is 1.21. The quantitative estimate of drug-likeness (QED) is 0.275. The van der Waals surface area contributed by atoms with Gasteiger partial charge < -0.3 is 15.4 Å². The Bertz CT molecular complexity index is 918. The van der Waals surface area contributed by atoms with Gasteiger partial charge in [0.25, 0.3) is 10.0 Å². The van der Waals surface area contributed by atoms with Crippen LogP contribution in [0, 0.1) is 5.82 Å². The molecular weight excluding hydrogens is 542 g/mol. The van der Waals surface area contributed by atoms with Crippen molar-refractivity contribution in [3.63, 3.8) is 0 Å². The van der Waals surface area contributed by atoms with Gasteiger partial charge in [0.15, 0.2) is 5.96 Å². The smallest absolute Gasteiger partial charge is 0.252 e. The molecule has 1 heterocycles. The van der Waals surface area contributed by atoms with E-state index in [1.807, 2.05) is 13.8 Å². The molecule has 2 aromatic rings. The Morgan fingerprint density at radius 2 is 1.87 bits per heavy atom. The number of nitrogens with one attached hydrogen (secondary N) is 2. The molecular formula is C19H28FIN4O3S2. The van der Waals surface area contributed by atoms with Crippen LogP contribution in [0.2, 0.25) is 0 Å². The van der Waals surface area contributed by atoms with Crippen LogP contribution in [0.5, 0.6) is 5.75 Å². The molecule has 1 aromatic carbocycles. The lowest BCUT2D eigenvalue weighted by Gasteiger charge is -2.17. The topological polar surface area (TPSA) is 83.0 Å². The third-order valence-corrected chi connectivity index (χ3v) is 7.17. The maximum absolute atomic E-state index is 13.0. The van der Waals surface area contributed by atoms with Crippen LogP contribution in [0.25, 0.3) is 0 Å². The van der Waals surface area contributed by atoms with Crippen LogP contribution < -0.4 is 15.4 Å². The van der Waals surface area contributed by atoms with Gasteiger partial charge >= 0.3 is 0 Å². The second-order valence-electron chi connectivity index (χ2n) is 6.47. The largest absolute Gasteiger partial charge is 0.489 e. The van der Waals surface area contributed by atoms with Gasteiger partial charge in [-0.25, -0.2) is 22.1 Å². The molecule has 0 aliphatic carbocycles. The van der Waals surface area contributed by atoms with E-state index >= 15 is 0 Å². The van der Waals surface area contributed by atoms with E-state index in [9.17, 15) is 12.8 Å². The number of aliphatic imine (C=N–C) groups is 1. The average Bonchev–Trinajstić information content (AvgIpc) is 3.15. The Balaban J connectivity index is 0.00000450. The first-order valence-electron chi connectivity index (χ1n) is 9.18. The average molecular weight is 570 g/mol. The van der Waals surface area contributed by atoms with Crippen LogP contribution in [0.15, 0.2) is 45.6 Å². The predicted molar refractivity (Wildman–Crippen MR) is 130 cm³/mol. The summed E-state index contributed by atoms with van der Waals surface area (Å²) in [5.41, 5.74) is 0. The number of thiophene rings is 1. The van der Waals surface area contributed by atoms with Crippen molar-refractivity contribution in [2.45, 2.75) is 30.7 Å². The molecule has 0 saturated heterocycles. The zero-order valence-corrected chi connectivity index (χ0v) is 21.3. The van der Waals surface area contributed by atoms with Crippen molar-refractivity contribution in [3.8, 4) is 5.75 Å². The SMILES string of the molecule is CCNC(=NCc1ccc(S(=O)(=O)N(C)C)s1)NCC(C)Oc1ccc(F)cc1.I. The molecule has 0 radical (unpaired) electrons. The summed E-state index contributed by atoms with van der Waals surface area (Å²) in [6.07, 6.45) is -0.164. The van der Waals surface area contributed by atoms with Gasteiger partial charge in [0.1, 0.15) is 21.9 Å². The minimum Gasteiger partial charge on any atom is -0.489 e. The Morgan fingerprint density at radius 3 is 2.47 bits per heavy atom. The lowest BCUT2D eigenvalue weighted by atomic mass is 10.3. The molecule has 0 spiro atoms. The fraction of sp³-hybridized carbons (Fsp3) is 0.421. The Kier molecular flexibility index (Phi) is 11.0. The first kappa shape index (κ1) is 26.6. The maximum Gasteiger partial charge on any atom is 0.252 e. The number of ether oxygens (including phenoxy) is 1. The summed E-state index contributed by atoms with van der Waals surface area (Å²) in [4.78, 5) is 5.35. The minimum atomic E-state index is -3.43. The fourth-order valence-electron chi connectivity index (χ4n) is 2.29. The third-order valence-electron chi connectivity index (χ3n) is 3.82. The molecule has 0 bridgehead atoms. The van der Waals surface area contributed by atoms with E-state index in [2.05, 4.69) is 15.6 Å². The van der Waals surface area contributed by atoms with Crippen LogP contribution >= 0.6 is 35.3 Å². The van der Waals surface area contributed by atoms with Gasteiger partial charge in [0, 0.05) is 25.5 Å². The van der Waals surface area contributed by atoms with Crippen LogP contribution in [0.4, 0.5) is 4.39 Å². The van der Waals surface area contributed by atoms with E-state index in [0.717, 1.165) is 4.88 Å². The van der Waals surface area contributed by atoms with E-state index in [1.54, 1.807) is 24.3 Å². The van der Waals surface area contributed by atoms with Crippen LogP contribution in [-0.2, 0) is 16.6 Å². The summed E-state index contributed by atoms with van der Waals surface area (Å²) in [5.74, 6) is 0.892. The molecule has 11 heteroatoms. The first-order chi connectivity index (χ1) is 13.7. The van der Waals surface area contributed by atoms with E-state index in [1.165, 1.54) is 41.9 Å². The molecule has 0 fully saturated rings. The molecule has 168 valence electrons. The van der Waals surface area contributed by atoms with Crippen LogP contribution in [-0.4, -0.2) is 52.0 Å². The fourth-order valence-corrected chi connectivity index (χ4v) is 4.74. The monoisotopic (exact) mass is 570 g/mol. The number of benzene rings is 1. The van der Waals surface area contributed by atoms with Crippen LogP contribution in [0.3, 0.4) is 0 Å². The highest BCUT2D eigenvalue weighted by molar-refractivity contribution is 14.0. The number of rotatable bonds is 9. The van der Waals surface area contributed by atoms with Gasteiger partial charge in [0.2, 0.25) is 0 Å². The molecule has 1 aromatic heterocycles. The van der Waals surface area contributed by atoms with Gasteiger partial charge in [-0.1, -0.05) is 0 Å². The Hall–Kier alpha value is -1.44. The number of guanidine groups is 1. The molecule has 1 unspecified atom stereocenters. The Morgan fingerprint density at radius 1 is 1.20 bits per heavy atom. The zero-order chi connectivity index (χ0) is 21.4. The predicted octanol–water partition coefficient (Wildman–Crippen LogP) is 3.28. The number of sulfonamides is 1. The van der Waals surface area contributed by atoms with E-state index < -0.39 is 10.0 Å². The van der Waals surface area contributed by atoms with E-state index in [0.29, 0.717) is 35.6 Å². The maximum atomic E-state index is 13.0. The molecule has 0 saturated carbocycles. The van der Waals surface area contributed by atoms with Crippen molar-refractivity contribution in [2.24, 2.45) is 4.99 Å². The minimum absolute atomic E-state index is 0. The summed E-state index contributed by atoms with van der Waals surface area (Å²) in [6, 6.07) is 9.25. The third kappa shape index (κ3) is 8.00. The van der Waals surface area contributed by atoms with E-state index in [4.69, 9.17) is 4.74 Å². The Labute approximate surface area is 198 Å². The van der Waals surface area contributed by atoms with Crippen molar-refractivity contribution < 1.29 is 17.5 Å². The molecule has 1 atom stereocenters. The summed E-state index contributed by atoms with van der Waals surface area (Å²) in [5, 5.41) is 6.34. The second-order valence-corrected chi connectivity index (χ2v) is 10.0. The van der Waals surface area contributed by atoms with E-state index in [-0.39, 0.29) is 35.9 Å². The number of hydrogen-bond acceptors (Lipinski definition) is 5. The van der Waals surface area contributed by atoms with Gasteiger partial charge in [0.05, 0.1) is 13.1 Å². The zero-order valence-electron chi connectivity index (χ0n) is 17.4. The molecule has 0 amide bonds. The van der Waals surface area contributed by atoms with Gasteiger partial charge in [-0.2, -0.15) is 0 Å². The highest BCUT2D eigenvalue weighted by Crippen LogP contribution is 2.24.